The number of hydrogen-bond acceptors (Lipinski definition) is 2. The Hall–Kier alpha value is -1.12. The summed E-state index contributed by atoms with van der Waals surface area (Å²) in [6.45, 7) is 4.59. The Balaban J connectivity index is 1.33. The van der Waals surface area contributed by atoms with Gasteiger partial charge in [-0.2, -0.15) is 0 Å². The van der Waals surface area contributed by atoms with Gasteiger partial charge in [0.2, 0.25) is 0 Å². The number of aryl methyl sites for hydroxylation is 2. The van der Waals surface area contributed by atoms with Crippen molar-refractivity contribution in [3.05, 3.63) is 58.3 Å². The molecule has 0 nitrogen and oxygen atoms in total. The fourth-order valence-electron chi connectivity index (χ4n) is 5.40. The fourth-order valence-corrected chi connectivity index (χ4v) is 13.1. The second-order valence-electron chi connectivity index (χ2n) is 9.99. The van der Waals surface area contributed by atoms with E-state index in [0.717, 1.165) is 0 Å². The van der Waals surface area contributed by atoms with Crippen molar-refractivity contribution < 1.29 is 0 Å². The van der Waals surface area contributed by atoms with Gasteiger partial charge in [-0.05, 0) is 0 Å². The van der Waals surface area contributed by atoms with Crippen molar-refractivity contribution in [3.63, 3.8) is 0 Å². The third-order valence-corrected chi connectivity index (χ3v) is 15.3. The predicted octanol–water partition coefficient (Wildman–Crippen LogP) is 10.4. The molecule has 0 saturated heterocycles. The molecule has 0 aliphatic heterocycles. The quantitative estimate of drug-likeness (QED) is 0.0923. The summed E-state index contributed by atoms with van der Waals surface area (Å²) in [6.07, 6.45) is 13.3. The topological polar surface area (TPSA) is 0 Å². The van der Waals surface area contributed by atoms with Crippen LogP contribution in [0.25, 0.3) is 48.7 Å². The number of hydrogen-bond donors (Lipinski definition) is 0. The number of rotatable bonds is 12. The van der Waals surface area contributed by atoms with Gasteiger partial charge in [-0.25, -0.2) is 0 Å². The van der Waals surface area contributed by atoms with Crippen LogP contribution >= 0.6 is 22.7 Å². The summed E-state index contributed by atoms with van der Waals surface area (Å²) in [6, 6.07) is 19.5. The van der Waals surface area contributed by atoms with Crippen molar-refractivity contribution >= 4 is 81.7 Å². The maximum absolute atomic E-state index is 2.47. The molecule has 0 bridgehead atoms. The molecule has 4 aromatic heterocycles. The van der Waals surface area contributed by atoms with Gasteiger partial charge in [-0.3, -0.25) is 0 Å². The molecule has 0 amide bonds. The molecular weight excluding hydrogens is 606 g/mol. The van der Waals surface area contributed by atoms with Gasteiger partial charge in [-0.15, -0.1) is 0 Å². The molecule has 0 spiro atoms. The van der Waals surface area contributed by atoms with Crippen LogP contribution in [0.3, 0.4) is 0 Å². The van der Waals surface area contributed by atoms with Gasteiger partial charge in [0.25, 0.3) is 0 Å². The van der Waals surface area contributed by atoms with Crippen LogP contribution in [0.1, 0.15) is 75.0 Å². The Morgan fingerprint density at radius 1 is 0.528 bits per heavy atom. The minimum atomic E-state index is 0.411. The summed E-state index contributed by atoms with van der Waals surface area (Å²) in [5.74, 6) is 0. The molecule has 6 rings (SSSR count). The van der Waals surface area contributed by atoms with Crippen LogP contribution in [-0.2, 0) is 12.8 Å². The molecule has 0 atom stereocenters. The fraction of sp³-hybridized carbons (Fsp3) is 0.375. The average molecular weight is 641 g/mol. The molecule has 36 heavy (non-hydrogen) atoms. The Morgan fingerprint density at radius 2 is 1.00 bits per heavy atom. The Kier molecular flexibility index (Phi) is 7.92. The van der Waals surface area contributed by atoms with Crippen LogP contribution in [0.15, 0.2) is 48.5 Å². The SMILES string of the molecule is CCCCCCc1ccc(-c2[se]c3ccc4c(-c5ccc(CCCCCC)s5)[se]c5ccc2c3c54)s1. The van der Waals surface area contributed by atoms with Crippen molar-refractivity contribution in [2.45, 2.75) is 78.1 Å². The van der Waals surface area contributed by atoms with Crippen LogP contribution in [0.4, 0.5) is 0 Å². The van der Waals surface area contributed by atoms with Crippen molar-refractivity contribution in [2.75, 3.05) is 0 Å². The second kappa shape index (κ2) is 11.3. The summed E-state index contributed by atoms with van der Waals surface area (Å²) in [4.78, 5) is 6.18. The monoisotopic (exact) mass is 642 g/mol. The summed E-state index contributed by atoms with van der Waals surface area (Å²) in [5.41, 5.74) is 0. The van der Waals surface area contributed by atoms with E-state index in [1.807, 2.05) is 0 Å². The second-order valence-corrected chi connectivity index (χ2v) is 16.7. The summed E-state index contributed by atoms with van der Waals surface area (Å²) in [7, 11) is 0. The minimum absolute atomic E-state index is 0.411. The Labute approximate surface area is 235 Å². The zero-order chi connectivity index (χ0) is 24.5. The van der Waals surface area contributed by atoms with E-state index in [1.165, 1.54) is 84.7 Å². The third-order valence-electron chi connectivity index (χ3n) is 7.32. The first kappa shape index (κ1) is 25.2. The first-order chi connectivity index (χ1) is 17.8. The average Bonchev–Trinajstić information content (AvgIpc) is 3.68. The molecule has 0 saturated carbocycles. The van der Waals surface area contributed by atoms with Crippen LogP contribution in [0.2, 0.25) is 0 Å². The van der Waals surface area contributed by atoms with Gasteiger partial charge in [0.15, 0.2) is 0 Å². The molecule has 2 aromatic carbocycles. The van der Waals surface area contributed by atoms with Gasteiger partial charge in [0.1, 0.15) is 0 Å². The zero-order valence-corrected chi connectivity index (χ0v) is 26.4. The molecule has 0 radical (unpaired) electrons. The molecule has 0 N–H and O–H groups in total. The van der Waals surface area contributed by atoms with Gasteiger partial charge in [0, 0.05) is 0 Å². The van der Waals surface area contributed by atoms with E-state index < -0.39 is 0 Å². The number of thiophene rings is 2. The summed E-state index contributed by atoms with van der Waals surface area (Å²) >= 11 is 4.93. The van der Waals surface area contributed by atoms with Crippen molar-refractivity contribution in [1.29, 1.82) is 0 Å². The molecule has 0 aliphatic carbocycles. The van der Waals surface area contributed by atoms with Crippen LogP contribution in [0, 0.1) is 0 Å². The van der Waals surface area contributed by atoms with Gasteiger partial charge in [-0.1, -0.05) is 0 Å². The van der Waals surface area contributed by atoms with E-state index in [1.54, 1.807) is 37.9 Å². The van der Waals surface area contributed by atoms with E-state index in [0.29, 0.717) is 29.0 Å². The van der Waals surface area contributed by atoms with E-state index in [9.17, 15) is 0 Å². The standard InChI is InChI=1S/C32H34S2Se2/c1-3-5-7-9-11-21-13-17-25(33-21)31-23-15-19-28-30-24(16-20-27(35-31)29(23)30)32(36-28)26-18-14-22(34-26)12-10-8-6-4-2/h13-20H,3-12H2,1-2H3. The molecule has 186 valence electrons. The number of unbranched alkanes of at least 4 members (excludes halogenated alkanes) is 6. The molecular formula is C32H34S2Se2. The van der Waals surface area contributed by atoms with Gasteiger partial charge >= 0.3 is 237 Å². The molecule has 4 heterocycles. The third kappa shape index (κ3) is 4.86. The van der Waals surface area contributed by atoms with E-state index >= 15 is 0 Å². The summed E-state index contributed by atoms with van der Waals surface area (Å²) < 4.78 is 6.45. The predicted molar refractivity (Wildman–Crippen MR) is 166 cm³/mol. The van der Waals surface area contributed by atoms with Gasteiger partial charge in [0.05, 0.1) is 0 Å². The van der Waals surface area contributed by atoms with Crippen molar-refractivity contribution in [2.24, 2.45) is 0 Å². The molecule has 0 aliphatic rings. The first-order valence-electron chi connectivity index (χ1n) is 13.6. The van der Waals surface area contributed by atoms with E-state index in [4.69, 9.17) is 0 Å². The van der Waals surface area contributed by atoms with Crippen LogP contribution in [0.5, 0.6) is 0 Å². The zero-order valence-electron chi connectivity index (χ0n) is 21.3. The number of benzene rings is 2. The van der Waals surface area contributed by atoms with Crippen LogP contribution < -0.4 is 0 Å². The normalized spacial score (nSPS) is 12.2. The van der Waals surface area contributed by atoms with Crippen molar-refractivity contribution in [1.82, 2.24) is 0 Å². The molecule has 6 aromatic rings. The van der Waals surface area contributed by atoms with E-state index in [2.05, 4.69) is 85.1 Å². The van der Waals surface area contributed by atoms with Crippen LogP contribution in [-0.4, -0.2) is 29.0 Å². The molecule has 0 fully saturated rings. The maximum atomic E-state index is 2.47. The van der Waals surface area contributed by atoms with Crippen molar-refractivity contribution in [3.8, 4) is 18.6 Å². The Morgan fingerprint density at radius 3 is 1.44 bits per heavy atom. The van der Waals surface area contributed by atoms with Gasteiger partial charge < -0.3 is 0 Å². The Bertz CT molecular complexity index is 1460. The summed E-state index contributed by atoms with van der Waals surface area (Å²) in [5, 5.41) is 6.24. The first-order valence-corrected chi connectivity index (χ1v) is 18.7. The molecule has 4 heteroatoms. The van der Waals surface area contributed by atoms with E-state index in [-0.39, 0.29) is 0 Å². The molecule has 0 unspecified atom stereocenters.